The van der Waals surface area contributed by atoms with Gasteiger partial charge in [0.2, 0.25) is 11.9 Å². The van der Waals surface area contributed by atoms with Crippen molar-refractivity contribution in [3.63, 3.8) is 0 Å². The summed E-state index contributed by atoms with van der Waals surface area (Å²) >= 11 is 7.46. The minimum Gasteiger partial charge on any atom is -0.431 e. The molecule has 1 aliphatic rings. The Balaban J connectivity index is 1.44. The Morgan fingerprint density at radius 3 is 2.90 bits per heavy atom. The Labute approximate surface area is 182 Å². The third-order valence-electron chi connectivity index (χ3n) is 4.98. The topological polar surface area (TPSA) is 94.0 Å². The molecular formula is C21H19ClN6OS. The SMILES string of the molecule is CC(Sc1nc2ccc(Cl)cc2o1)c1nc(N)nc(N2CCCc3ccccc32)n1. The van der Waals surface area contributed by atoms with E-state index in [4.69, 9.17) is 26.7 Å². The second-order valence-corrected chi connectivity index (χ2v) is 8.82. The summed E-state index contributed by atoms with van der Waals surface area (Å²) in [6, 6.07) is 13.7. The smallest absolute Gasteiger partial charge is 0.257 e. The van der Waals surface area contributed by atoms with Gasteiger partial charge in [-0.2, -0.15) is 15.0 Å². The molecule has 2 aromatic heterocycles. The van der Waals surface area contributed by atoms with Crippen molar-refractivity contribution >= 4 is 52.0 Å². The van der Waals surface area contributed by atoms with Gasteiger partial charge in [-0.3, -0.25) is 0 Å². The first kappa shape index (κ1) is 19.1. The number of fused-ring (bicyclic) bond motifs is 2. The van der Waals surface area contributed by atoms with Crippen LogP contribution in [-0.2, 0) is 6.42 Å². The van der Waals surface area contributed by atoms with Crippen LogP contribution in [-0.4, -0.2) is 26.5 Å². The number of halogens is 1. The summed E-state index contributed by atoms with van der Waals surface area (Å²) in [5.41, 5.74) is 9.86. The number of aryl methyl sites for hydroxylation is 1. The molecule has 4 aromatic rings. The largest absolute Gasteiger partial charge is 0.431 e. The zero-order valence-corrected chi connectivity index (χ0v) is 17.8. The average Bonchev–Trinajstić information content (AvgIpc) is 3.14. The molecule has 1 aliphatic heterocycles. The molecule has 0 amide bonds. The number of nitrogen functional groups attached to an aromatic ring is 1. The fourth-order valence-corrected chi connectivity index (χ4v) is 4.54. The summed E-state index contributed by atoms with van der Waals surface area (Å²) in [5.74, 6) is 1.36. The third-order valence-corrected chi connectivity index (χ3v) is 6.16. The van der Waals surface area contributed by atoms with Crippen LogP contribution >= 0.6 is 23.4 Å². The lowest BCUT2D eigenvalue weighted by molar-refractivity contribution is 0.488. The van der Waals surface area contributed by atoms with E-state index in [9.17, 15) is 0 Å². The van der Waals surface area contributed by atoms with Crippen molar-refractivity contribution < 1.29 is 4.42 Å². The Hall–Kier alpha value is -2.84. The summed E-state index contributed by atoms with van der Waals surface area (Å²) in [6.45, 7) is 2.84. The molecular weight excluding hydrogens is 420 g/mol. The number of nitrogens with zero attached hydrogens (tertiary/aromatic N) is 5. The number of rotatable bonds is 4. The number of oxazole rings is 1. The Morgan fingerprint density at radius 1 is 1.13 bits per heavy atom. The lowest BCUT2D eigenvalue weighted by Crippen LogP contribution is -2.27. The molecule has 5 rings (SSSR count). The van der Waals surface area contributed by atoms with Gasteiger partial charge in [0.25, 0.3) is 5.22 Å². The van der Waals surface area contributed by atoms with Crippen LogP contribution in [0.5, 0.6) is 0 Å². The fraction of sp³-hybridized carbons (Fsp3) is 0.238. The summed E-state index contributed by atoms with van der Waals surface area (Å²) in [4.78, 5) is 20.1. The first-order valence-corrected chi connectivity index (χ1v) is 10.9. The van der Waals surface area contributed by atoms with Crippen LogP contribution in [0.25, 0.3) is 11.1 Å². The predicted octanol–water partition coefficient (Wildman–Crippen LogP) is 5.19. The Bertz CT molecular complexity index is 1230. The van der Waals surface area contributed by atoms with Gasteiger partial charge in [0.05, 0.1) is 5.25 Å². The molecule has 0 aliphatic carbocycles. The zero-order valence-electron chi connectivity index (χ0n) is 16.2. The number of para-hydroxylation sites is 1. The second-order valence-electron chi connectivity index (χ2n) is 7.09. The minimum atomic E-state index is -0.127. The third kappa shape index (κ3) is 3.68. The van der Waals surface area contributed by atoms with Crippen LogP contribution in [0.3, 0.4) is 0 Å². The maximum Gasteiger partial charge on any atom is 0.257 e. The number of hydrogen-bond acceptors (Lipinski definition) is 8. The van der Waals surface area contributed by atoms with Gasteiger partial charge in [0, 0.05) is 23.3 Å². The molecule has 2 aromatic carbocycles. The molecule has 152 valence electrons. The lowest BCUT2D eigenvalue weighted by atomic mass is 10.0. The van der Waals surface area contributed by atoms with Gasteiger partial charge in [-0.15, -0.1) is 0 Å². The van der Waals surface area contributed by atoms with Gasteiger partial charge in [0.15, 0.2) is 5.58 Å². The van der Waals surface area contributed by atoms with Crippen molar-refractivity contribution in [1.82, 2.24) is 19.9 Å². The summed E-state index contributed by atoms with van der Waals surface area (Å²) in [7, 11) is 0. The van der Waals surface area contributed by atoms with Crippen LogP contribution in [0.4, 0.5) is 17.6 Å². The van der Waals surface area contributed by atoms with Gasteiger partial charge in [-0.1, -0.05) is 41.6 Å². The second kappa shape index (κ2) is 7.77. The monoisotopic (exact) mass is 438 g/mol. The van der Waals surface area contributed by atoms with Gasteiger partial charge in [-0.05, 0) is 43.5 Å². The lowest BCUT2D eigenvalue weighted by Gasteiger charge is -2.29. The van der Waals surface area contributed by atoms with Gasteiger partial charge in [-0.25, -0.2) is 4.98 Å². The molecule has 0 bridgehead atoms. The van der Waals surface area contributed by atoms with Crippen molar-refractivity contribution in [2.45, 2.75) is 30.2 Å². The molecule has 0 saturated carbocycles. The number of hydrogen-bond donors (Lipinski definition) is 1. The van der Waals surface area contributed by atoms with Crippen molar-refractivity contribution in [3.8, 4) is 0 Å². The average molecular weight is 439 g/mol. The maximum atomic E-state index is 6.04. The van der Waals surface area contributed by atoms with Crippen LogP contribution in [0.2, 0.25) is 5.02 Å². The highest BCUT2D eigenvalue weighted by molar-refractivity contribution is 7.99. The highest BCUT2D eigenvalue weighted by atomic mass is 35.5. The molecule has 7 nitrogen and oxygen atoms in total. The number of aromatic nitrogens is 4. The number of benzene rings is 2. The zero-order chi connectivity index (χ0) is 20.7. The van der Waals surface area contributed by atoms with Crippen molar-refractivity contribution in [1.29, 1.82) is 0 Å². The summed E-state index contributed by atoms with van der Waals surface area (Å²) in [5, 5.41) is 1.01. The van der Waals surface area contributed by atoms with E-state index >= 15 is 0 Å². The van der Waals surface area contributed by atoms with Gasteiger partial charge < -0.3 is 15.1 Å². The highest BCUT2D eigenvalue weighted by Crippen LogP contribution is 2.37. The van der Waals surface area contributed by atoms with E-state index in [-0.39, 0.29) is 11.2 Å². The maximum absolute atomic E-state index is 6.04. The molecule has 0 spiro atoms. The minimum absolute atomic E-state index is 0.127. The molecule has 1 atom stereocenters. The van der Waals surface area contributed by atoms with Gasteiger partial charge >= 0.3 is 0 Å². The van der Waals surface area contributed by atoms with E-state index in [1.54, 1.807) is 12.1 Å². The predicted molar refractivity (Wildman–Crippen MR) is 119 cm³/mol. The normalized spacial score (nSPS) is 14.7. The van der Waals surface area contributed by atoms with Gasteiger partial charge in [0.1, 0.15) is 11.3 Å². The molecule has 0 fully saturated rings. The van der Waals surface area contributed by atoms with E-state index < -0.39 is 0 Å². The van der Waals surface area contributed by atoms with Crippen molar-refractivity contribution in [2.75, 3.05) is 17.2 Å². The van der Waals surface area contributed by atoms with E-state index in [2.05, 4.69) is 38.1 Å². The first-order chi connectivity index (χ1) is 14.6. The van der Waals surface area contributed by atoms with Crippen LogP contribution in [0.1, 0.15) is 30.0 Å². The number of anilines is 3. The molecule has 0 radical (unpaired) electrons. The molecule has 0 saturated heterocycles. The number of nitrogens with two attached hydrogens (primary N) is 1. The van der Waals surface area contributed by atoms with E-state index in [1.807, 2.05) is 19.1 Å². The molecule has 3 heterocycles. The highest BCUT2D eigenvalue weighted by Gasteiger charge is 2.23. The quantitative estimate of drug-likeness (QED) is 0.435. The van der Waals surface area contributed by atoms with E-state index in [1.165, 1.54) is 17.3 Å². The first-order valence-electron chi connectivity index (χ1n) is 9.66. The fourth-order valence-electron chi connectivity index (χ4n) is 3.57. The standard InChI is InChI=1S/C21H19ClN6OS/c1-12(30-21-24-15-9-8-14(22)11-17(15)29-21)18-25-19(23)27-20(26-18)28-10-4-6-13-5-2-3-7-16(13)28/h2-3,5,7-9,11-12H,4,6,10H2,1H3,(H2,23,25,26,27). The molecule has 30 heavy (non-hydrogen) atoms. The molecule has 2 N–H and O–H groups in total. The molecule has 1 unspecified atom stereocenters. The van der Waals surface area contributed by atoms with Crippen LogP contribution < -0.4 is 10.6 Å². The Morgan fingerprint density at radius 2 is 2.00 bits per heavy atom. The van der Waals surface area contributed by atoms with Crippen LogP contribution in [0.15, 0.2) is 52.1 Å². The van der Waals surface area contributed by atoms with Crippen LogP contribution in [0, 0.1) is 0 Å². The molecule has 9 heteroatoms. The summed E-state index contributed by atoms with van der Waals surface area (Å²) in [6.07, 6.45) is 2.09. The van der Waals surface area contributed by atoms with E-state index in [0.717, 1.165) is 30.6 Å². The number of thioether (sulfide) groups is 1. The van der Waals surface area contributed by atoms with Crippen molar-refractivity contribution in [3.05, 3.63) is 58.9 Å². The van der Waals surface area contributed by atoms with Crippen molar-refractivity contribution in [2.24, 2.45) is 0 Å². The van der Waals surface area contributed by atoms with E-state index in [0.29, 0.717) is 27.6 Å². The summed E-state index contributed by atoms with van der Waals surface area (Å²) < 4.78 is 5.82. The Kier molecular flexibility index (Phi) is 4.96.